The lowest BCUT2D eigenvalue weighted by molar-refractivity contribution is 0.0971. The van der Waals surface area contributed by atoms with Gasteiger partial charge in [0.2, 0.25) is 11.5 Å². The van der Waals surface area contributed by atoms with Gasteiger partial charge in [-0.1, -0.05) is 0 Å². The number of halogens is 1. The van der Waals surface area contributed by atoms with Gasteiger partial charge in [0.05, 0.1) is 44.0 Å². The summed E-state index contributed by atoms with van der Waals surface area (Å²) in [5.74, 6) is -0.144. The number of hydrogen-bond acceptors (Lipinski definition) is 8. The Kier molecular flexibility index (Phi) is 5.47. The van der Waals surface area contributed by atoms with Gasteiger partial charge in [-0.15, -0.1) is 11.3 Å². The number of benzene rings is 2. The first kappa shape index (κ1) is 22.9. The maximum absolute atomic E-state index is 14.0. The van der Waals surface area contributed by atoms with Crippen LogP contribution in [-0.4, -0.2) is 32.2 Å². The van der Waals surface area contributed by atoms with Gasteiger partial charge in [-0.25, -0.2) is 9.37 Å². The van der Waals surface area contributed by atoms with E-state index in [1.54, 1.807) is 12.1 Å². The van der Waals surface area contributed by atoms with E-state index in [-0.39, 0.29) is 22.3 Å². The SMILES string of the molecule is COc1cc([C@H]2c3c(oc4ccc(F)cc4c3=O)C(=O)N2c2nc(C)c(C)s2)cc(OC)c1OC. The highest BCUT2D eigenvalue weighted by Gasteiger charge is 2.45. The number of aryl methyl sites for hydroxylation is 2. The van der Waals surface area contributed by atoms with Crippen LogP contribution in [0.1, 0.15) is 38.3 Å². The van der Waals surface area contributed by atoms with Crippen molar-refractivity contribution < 1.29 is 27.8 Å². The van der Waals surface area contributed by atoms with Gasteiger partial charge in [0, 0.05) is 4.88 Å². The molecule has 2 aromatic carbocycles. The van der Waals surface area contributed by atoms with Crippen molar-refractivity contribution in [2.75, 3.05) is 26.2 Å². The predicted octanol–water partition coefficient (Wildman–Crippen LogP) is 4.78. The lowest BCUT2D eigenvalue weighted by Crippen LogP contribution is -2.29. The molecule has 0 fully saturated rings. The lowest BCUT2D eigenvalue weighted by atomic mass is 9.98. The normalized spacial score (nSPS) is 15.0. The number of carbonyl (C=O) groups is 1. The van der Waals surface area contributed by atoms with Gasteiger partial charge in [0.25, 0.3) is 5.91 Å². The van der Waals surface area contributed by atoms with Crippen molar-refractivity contribution in [1.82, 2.24) is 4.98 Å². The quantitative estimate of drug-likeness (QED) is 0.393. The zero-order chi connectivity index (χ0) is 25.0. The molecular formula is C25H21FN2O6S. The minimum Gasteiger partial charge on any atom is -0.493 e. The van der Waals surface area contributed by atoms with E-state index < -0.39 is 23.2 Å². The molecular weight excluding hydrogens is 475 g/mol. The Hall–Kier alpha value is -3.92. The Morgan fingerprint density at radius 1 is 1.03 bits per heavy atom. The topological polar surface area (TPSA) is 91.1 Å². The van der Waals surface area contributed by atoms with Crippen molar-refractivity contribution in [3.8, 4) is 17.2 Å². The molecule has 0 bridgehead atoms. The molecule has 5 rings (SSSR count). The number of fused-ring (bicyclic) bond motifs is 2. The standard InChI is InChI=1S/C25H21FN2O6S/c1-11-12(2)35-25(27-11)28-20(13-8-17(31-3)22(33-5)18(9-13)32-4)19-21(29)15-10-14(26)6-7-16(15)34-23(19)24(28)30/h6-10,20H,1-5H3/t20-/m0/s1. The van der Waals surface area contributed by atoms with Crippen molar-refractivity contribution in [3.05, 3.63) is 73.8 Å². The molecule has 10 heteroatoms. The number of anilines is 1. The molecule has 1 aliphatic rings. The second-order valence-electron chi connectivity index (χ2n) is 7.99. The Morgan fingerprint density at radius 3 is 2.29 bits per heavy atom. The summed E-state index contributed by atoms with van der Waals surface area (Å²) in [4.78, 5) is 34.3. The molecule has 2 aromatic heterocycles. The minimum absolute atomic E-state index is 0.0438. The highest BCUT2D eigenvalue weighted by atomic mass is 32.1. The molecule has 0 aliphatic carbocycles. The third-order valence-electron chi connectivity index (χ3n) is 6.06. The van der Waals surface area contributed by atoms with Crippen LogP contribution in [0.2, 0.25) is 0 Å². The highest BCUT2D eigenvalue weighted by molar-refractivity contribution is 7.15. The van der Waals surface area contributed by atoms with Crippen LogP contribution in [0.5, 0.6) is 17.2 Å². The van der Waals surface area contributed by atoms with Gasteiger partial charge < -0.3 is 18.6 Å². The van der Waals surface area contributed by atoms with Gasteiger partial charge >= 0.3 is 0 Å². The number of hydrogen-bond donors (Lipinski definition) is 0. The molecule has 0 N–H and O–H groups in total. The Morgan fingerprint density at radius 2 is 1.71 bits per heavy atom. The van der Waals surface area contributed by atoms with Gasteiger partial charge in [-0.3, -0.25) is 14.5 Å². The minimum atomic E-state index is -0.917. The van der Waals surface area contributed by atoms with E-state index in [2.05, 4.69) is 4.98 Å². The zero-order valence-electron chi connectivity index (χ0n) is 19.6. The molecule has 180 valence electrons. The third kappa shape index (κ3) is 3.44. The fourth-order valence-electron chi connectivity index (χ4n) is 4.28. The third-order valence-corrected chi connectivity index (χ3v) is 7.13. The van der Waals surface area contributed by atoms with Crippen LogP contribution < -0.4 is 24.5 Å². The summed E-state index contributed by atoms with van der Waals surface area (Å²) in [6.45, 7) is 3.75. The molecule has 1 amide bonds. The molecule has 0 spiro atoms. The first-order chi connectivity index (χ1) is 16.8. The fourth-order valence-corrected chi connectivity index (χ4v) is 5.21. The number of rotatable bonds is 5. The number of methoxy groups -OCH3 is 3. The van der Waals surface area contributed by atoms with Crippen LogP contribution in [0, 0.1) is 19.7 Å². The molecule has 35 heavy (non-hydrogen) atoms. The average molecular weight is 497 g/mol. The summed E-state index contributed by atoms with van der Waals surface area (Å²) < 4.78 is 36.3. The molecule has 0 saturated heterocycles. The summed E-state index contributed by atoms with van der Waals surface area (Å²) in [6.07, 6.45) is 0. The van der Waals surface area contributed by atoms with E-state index in [9.17, 15) is 14.0 Å². The number of carbonyl (C=O) groups excluding carboxylic acids is 1. The second kappa shape index (κ2) is 8.38. The highest BCUT2D eigenvalue weighted by Crippen LogP contribution is 2.47. The summed E-state index contributed by atoms with van der Waals surface area (Å²) >= 11 is 1.33. The maximum atomic E-state index is 14.0. The van der Waals surface area contributed by atoms with Crippen molar-refractivity contribution in [3.63, 3.8) is 0 Å². The van der Waals surface area contributed by atoms with Crippen molar-refractivity contribution in [2.24, 2.45) is 0 Å². The van der Waals surface area contributed by atoms with E-state index in [1.165, 1.54) is 49.7 Å². The van der Waals surface area contributed by atoms with E-state index in [4.69, 9.17) is 18.6 Å². The number of thiazole rings is 1. The van der Waals surface area contributed by atoms with Crippen LogP contribution in [0.25, 0.3) is 11.0 Å². The van der Waals surface area contributed by atoms with Crippen LogP contribution in [0.4, 0.5) is 9.52 Å². The molecule has 1 atom stereocenters. The van der Waals surface area contributed by atoms with Crippen molar-refractivity contribution >= 4 is 33.3 Å². The van der Waals surface area contributed by atoms with Crippen LogP contribution in [0.3, 0.4) is 0 Å². The maximum Gasteiger partial charge on any atom is 0.297 e. The van der Waals surface area contributed by atoms with Gasteiger partial charge in [0.15, 0.2) is 22.1 Å². The summed E-state index contributed by atoms with van der Waals surface area (Å²) in [5.41, 5.74) is 0.998. The van der Waals surface area contributed by atoms with Gasteiger partial charge in [0.1, 0.15) is 11.4 Å². The fraction of sp³-hybridized carbons (Fsp3) is 0.240. The molecule has 0 radical (unpaired) electrons. The smallest absolute Gasteiger partial charge is 0.297 e. The first-order valence-corrected chi connectivity index (χ1v) is 11.4. The Balaban J connectivity index is 1.85. The van der Waals surface area contributed by atoms with E-state index in [0.717, 1.165) is 16.6 Å². The summed E-state index contributed by atoms with van der Waals surface area (Å²) in [6, 6.07) is 6.06. The van der Waals surface area contributed by atoms with E-state index in [1.807, 2.05) is 13.8 Å². The molecule has 3 heterocycles. The molecule has 1 aliphatic heterocycles. The molecule has 0 unspecified atom stereocenters. The van der Waals surface area contributed by atoms with E-state index >= 15 is 0 Å². The van der Waals surface area contributed by atoms with Crippen LogP contribution in [-0.2, 0) is 0 Å². The average Bonchev–Trinajstić information content (AvgIpc) is 3.34. The first-order valence-electron chi connectivity index (χ1n) is 10.6. The van der Waals surface area contributed by atoms with Gasteiger partial charge in [-0.2, -0.15) is 0 Å². The van der Waals surface area contributed by atoms with Crippen molar-refractivity contribution in [2.45, 2.75) is 19.9 Å². The number of amides is 1. The number of nitrogens with zero attached hydrogens (tertiary/aromatic N) is 2. The molecule has 8 nitrogen and oxygen atoms in total. The Labute approximate surface area is 203 Å². The van der Waals surface area contributed by atoms with Crippen LogP contribution >= 0.6 is 11.3 Å². The number of ether oxygens (including phenoxy) is 3. The molecule has 4 aromatic rings. The lowest BCUT2D eigenvalue weighted by Gasteiger charge is -2.24. The van der Waals surface area contributed by atoms with Gasteiger partial charge in [-0.05, 0) is 49.7 Å². The van der Waals surface area contributed by atoms with E-state index in [0.29, 0.717) is 27.9 Å². The predicted molar refractivity (Wildman–Crippen MR) is 129 cm³/mol. The monoisotopic (exact) mass is 496 g/mol. The number of aromatic nitrogens is 1. The summed E-state index contributed by atoms with van der Waals surface area (Å²) in [7, 11) is 4.44. The van der Waals surface area contributed by atoms with Crippen LogP contribution in [0.15, 0.2) is 39.5 Å². The zero-order valence-corrected chi connectivity index (χ0v) is 20.4. The van der Waals surface area contributed by atoms with Crippen molar-refractivity contribution in [1.29, 1.82) is 0 Å². The second-order valence-corrected chi connectivity index (χ2v) is 9.17. The summed E-state index contributed by atoms with van der Waals surface area (Å²) in [5, 5.41) is 0.451. The largest absolute Gasteiger partial charge is 0.493 e. The Bertz CT molecular complexity index is 1520. The molecule has 0 saturated carbocycles.